The van der Waals surface area contributed by atoms with Gasteiger partial charge in [0.1, 0.15) is 5.69 Å². The van der Waals surface area contributed by atoms with Crippen molar-refractivity contribution in [2.75, 3.05) is 0 Å². The molecule has 82 valence electrons. The molecule has 7 heteroatoms. The molecule has 0 spiro atoms. The number of hydrogen-bond acceptors (Lipinski definition) is 2. The van der Waals surface area contributed by atoms with Gasteiger partial charge in [-0.1, -0.05) is 6.08 Å². The van der Waals surface area contributed by atoms with Crippen LogP contribution in [0.2, 0.25) is 0 Å². The molecule has 0 atom stereocenters. The van der Waals surface area contributed by atoms with Crippen LogP contribution in [0.5, 0.6) is 0 Å². The van der Waals surface area contributed by atoms with E-state index < -0.39 is 29.5 Å². The highest BCUT2D eigenvalue weighted by Crippen LogP contribution is 2.27. The Bertz CT molecular complexity index is 397. The van der Waals surface area contributed by atoms with E-state index in [2.05, 4.69) is 9.97 Å². The lowest BCUT2D eigenvalue weighted by atomic mass is 10.3. The zero-order valence-corrected chi connectivity index (χ0v) is 7.44. The van der Waals surface area contributed by atoms with Crippen molar-refractivity contribution in [1.29, 1.82) is 0 Å². The predicted octanol–water partition coefficient (Wildman–Crippen LogP) is 2.81. The maximum atomic E-state index is 12.8. The van der Waals surface area contributed by atoms with Crippen LogP contribution < -0.4 is 0 Å². The van der Waals surface area contributed by atoms with Crippen LogP contribution in [0.4, 0.5) is 22.0 Å². The molecule has 0 bridgehead atoms. The highest BCUT2D eigenvalue weighted by Gasteiger charge is 2.36. The van der Waals surface area contributed by atoms with Crippen LogP contribution in [0.15, 0.2) is 6.08 Å². The number of allylic oxidation sites excluding steroid dienone is 1. The summed E-state index contributed by atoms with van der Waals surface area (Å²) in [4.78, 5) is 5.23. The molecule has 0 saturated carbocycles. The molecular weight excluding hydrogens is 219 g/mol. The molecule has 0 aromatic carbocycles. The monoisotopic (exact) mass is 224 g/mol. The molecule has 1 rings (SSSR count). The van der Waals surface area contributed by atoms with Crippen molar-refractivity contribution in [3.63, 3.8) is 0 Å². The lowest BCUT2D eigenvalue weighted by Gasteiger charge is -2.06. The molecule has 0 aliphatic carbocycles. The van der Waals surface area contributed by atoms with E-state index in [1.807, 2.05) is 0 Å². The minimum Gasteiger partial charge on any atom is -0.222 e. The van der Waals surface area contributed by atoms with E-state index in [9.17, 15) is 22.0 Å². The van der Waals surface area contributed by atoms with Gasteiger partial charge in [-0.15, -0.1) is 0 Å². The lowest BCUT2D eigenvalue weighted by Crippen LogP contribution is -2.14. The van der Waals surface area contributed by atoms with Crippen molar-refractivity contribution in [3.8, 4) is 0 Å². The largest absolute Gasteiger partial charge is 0.451 e. The number of nitrogens with zero attached hydrogens (tertiary/aromatic N) is 2. The van der Waals surface area contributed by atoms with Crippen molar-refractivity contribution in [2.24, 2.45) is 0 Å². The van der Waals surface area contributed by atoms with E-state index in [0.29, 0.717) is 0 Å². The Hall–Kier alpha value is -1.53. The fourth-order valence-corrected chi connectivity index (χ4v) is 0.831. The molecule has 0 fully saturated rings. The van der Waals surface area contributed by atoms with E-state index >= 15 is 0 Å². The Kier molecular flexibility index (Phi) is 3.01. The van der Waals surface area contributed by atoms with Crippen LogP contribution in [0, 0.1) is 11.8 Å². The van der Waals surface area contributed by atoms with Crippen molar-refractivity contribution >= 4 is 6.08 Å². The SMILES string of the molecule is CC=Cc1nc(C(F)(F)F)nc(F)c1F. The Morgan fingerprint density at radius 3 is 2.20 bits per heavy atom. The topological polar surface area (TPSA) is 25.8 Å². The van der Waals surface area contributed by atoms with Gasteiger partial charge >= 0.3 is 6.18 Å². The third kappa shape index (κ3) is 2.48. The molecule has 1 heterocycles. The summed E-state index contributed by atoms with van der Waals surface area (Å²) in [6.07, 6.45) is -2.73. The first-order valence-corrected chi connectivity index (χ1v) is 3.79. The molecule has 1 aromatic heterocycles. The Labute approximate surface area is 81.5 Å². The minimum atomic E-state index is -4.90. The van der Waals surface area contributed by atoms with Gasteiger partial charge in [-0.25, -0.2) is 4.98 Å². The zero-order chi connectivity index (χ0) is 11.6. The summed E-state index contributed by atoms with van der Waals surface area (Å²) in [5.41, 5.74) is -0.725. The van der Waals surface area contributed by atoms with Crippen LogP contribution >= 0.6 is 0 Å². The maximum Gasteiger partial charge on any atom is 0.451 e. The van der Waals surface area contributed by atoms with E-state index in [-0.39, 0.29) is 0 Å². The number of halogens is 5. The number of aromatic nitrogens is 2. The van der Waals surface area contributed by atoms with Crippen molar-refractivity contribution in [1.82, 2.24) is 9.97 Å². The predicted molar refractivity (Wildman–Crippen MR) is 41.7 cm³/mol. The highest BCUT2D eigenvalue weighted by molar-refractivity contribution is 5.44. The van der Waals surface area contributed by atoms with Gasteiger partial charge in [-0.2, -0.15) is 26.9 Å². The lowest BCUT2D eigenvalue weighted by molar-refractivity contribution is -0.145. The fraction of sp³-hybridized carbons (Fsp3) is 0.250. The third-order valence-corrected chi connectivity index (χ3v) is 1.41. The number of hydrogen-bond donors (Lipinski definition) is 0. The minimum absolute atomic E-state index is 0.725. The molecule has 0 radical (unpaired) electrons. The quantitative estimate of drug-likeness (QED) is 0.541. The summed E-state index contributed by atoms with van der Waals surface area (Å²) in [6, 6.07) is 0. The maximum absolute atomic E-state index is 12.8. The second kappa shape index (κ2) is 3.92. The Morgan fingerprint density at radius 1 is 1.13 bits per heavy atom. The summed E-state index contributed by atoms with van der Waals surface area (Å²) in [7, 11) is 0. The average Bonchev–Trinajstić information content (AvgIpc) is 2.11. The molecule has 0 aliphatic heterocycles. The fourth-order valence-electron chi connectivity index (χ4n) is 0.831. The summed E-state index contributed by atoms with van der Waals surface area (Å²) >= 11 is 0. The van der Waals surface area contributed by atoms with Gasteiger partial charge in [0.15, 0.2) is 0 Å². The number of alkyl halides is 3. The molecule has 0 amide bonds. The molecule has 0 unspecified atom stereocenters. The van der Waals surface area contributed by atoms with Crippen LogP contribution in [-0.4, -0.2) is 9.97 Å². The van der Waals surface area contributed by atoms with Gasteiger partial charge < -0.3 is 0 Å². The van der Waals surface area contributed by atoms with E-state index in [1.54, 1.807) is 0 Å². The smallest absolute Gasteiger partial charge is 0.222 e. The van der Waals surface area contributed by atoms with E-state index in [0.717, 1.165) is 6.08 Å². The van der Waals surface area contributed by atoms with Gasteiger partial charge in [-0.05, 0) is 13.0 Å². The second-order valence-electron chi connectivity index (χ2n) is 2.54. The third-order valence-electron chi connectivity index (χ3n) is 1.41. The summed E-state index contributed by atoms with van der Waals surface area (Å²) in [6.45, 7) is 1.44. The van der Waals surface area contributed by atoms with Crippen molar-refractivity contribution in [3.05, 3.63) is 29.4 Å². The summed E-state index contributed by atoms with van der Waals surface area (Å²) in [5, 5.41) is 0. The molecule has 0 saturated heterocycles. The Morgan fingerprint density at radius 2 is 1.73 bits per heavy atom. The van der Waals surface area contributed by atoms with Crippen molar-refractivity contribution < 1.29 is 22.0 Å². The molecule has 1 aromatic rings. The summed E-state index contributed by atoms with van der Waals surface area (Å²) < 4.78 is 61.7. The molecule has 0 N–H and O–H groups in total. The second-order valence-corrected chi connectivity index (χ2v) is 2.54. The van der Waals surface area contributed by atoms with E-state index in [4.69, 9.17) is 0 Å². The average molecular weight is 224 g/mol. The first-order chi connectivity index (χ1) is 6.86. The highest BCUT2D eigenvalue weighted by atomic mass is 19.4. The van der Waals surface area contributed by atoms with Gasteiger partial charge in [-0.3, -0.25) is 0 Å². The van der Waals surface area contributed by atoms with Gasteiger partial charge in [0.05, 0.1) is 0 Å². The van der Waals surface area contributed by atoms with Crippen LogP contribution in [0.1, 0.15) is 18.4 Å². The molecule has 15 heavy (non-hydrogen) atoms. The first kappa shape index (κ1) is 11.5. The summed E-state index contributed by atoms with van der Waals surface area (Å²) in [5.74, 6) is -5.01. The van der Waals surface area contributed by atoms with Crippen LogP contribution in [0.25, 0.3) is 6.08 Å². The standard InChI is InChI=1S/C8H5F5N2/c1-2-3-4-5(9)6(10)15-7(14-4)8(11,12)13/h2-3H,1H3. The molecular formula is C8H5F5N2. The first-order valence-electron chi connectivity index (χ1n) is 3.79. The zero-order valence-electron chi connectivity index (χ0n) is 7.44. The van der Waals surface area contributed by atoms with Gasteiger partial charge in [0.25, 0.3) is 5.95 Å². The number of rotatable bonds is 1. The Balaban J connectivity index is 3.36. The normalized spacial score (nSPS) is 12.4. The van der Waals surface area contributed by atoms with Crippen LogP contribution in [0.3, 0.4) is 0 Å². The van der Waals surface area contributed by atoms with Crippen molar-refractivity contribution in [2.45, 2.75) is 13.1 Å². The van der Waals surface area contributed by atoms with Gasteiger partial charge in [0.2, 0.25) is 11.6 Å². The van der Waals surface area contributed by atoms with E-state index in [1.165, 1.54) is 13.0 Å². The van der Waals surface area contributed by atoms with Gasteiger partial charge in [0, 0.05) is 0 Å². The molecule has 2 nitrogen and oxygen atoms in total. The molecule has 0 aliphatic rings. The van der Waals surface area contributed by atoms with Crippen LogP contribution in [-0.2, 0) is 6.18 Å².